The van der Waals surface area contributed by atoms with Crippen LogP contribution in [0.5, 0.6) is 0 Å². The van der Waals surface area contributed by atoms with E-state index >= 15 is 0 Å². The van der Waals surface area contributed by atoms with Crippen LogP contribution in [0.1, 0.15) is 25.8 Å². The fraction of sp³-hybridized carbons (Fsp3) is 0.462. The van der Waals surface area contributed by atoms with E-state index in [1.165, 1.54) is 12.1 Å². The second-order valence-electron chi connectivity index (χ2n) is 4.54. The molecule has 0 radical (unpaired) electrons. The molecule has 0 saturated heterocycles. The molecular formula is C13H17F2NO. The van der Waals surface area contributed by atoms with Crippen LogP contribution in [0.3, 0.4) is 0 Å². The van der Waals surface area contributed by atoms with Gasteiger partial charge < -0.3 is 5.73 Å². The van der Waals surface area contributed by atoms with Gasteiger partial charge in [-0.3, -0.25) is 4.79 Å². The third-order valence-electron chi connectivity index (χ3n) is 2.74. The summed E-state index contributed by atoms with van der Waals surface area (Å²) in [6.45, 7) is 3.83. The molecular weight excluding hydrogens is 224 g/mol. The van der Waals surface area contributed by atoms with Gasteiger partial charge in [0.2, 0.25) is 0 Å². The summed E-state index contributed by atoms with van der Waals surface area (Å²) in [6.07, 6.45) is 0.0810. The molecule has 0 amide bonds. The van der Waals surface area contributed by atoms with Crippen molar-refractivity contribution in [1.29, 1.82) is 0 Å². The number of benzene rings is 1. The summed E-state index contributed by atoms with van der Waals surface area (Å²) in [5.74, 6) is -1.85. The van der Waals surface area contributed by atoms with E-state index in [4.69, 9.17) is 5.73 Å². The van der Waals surface area contributed by atoms with E-state index in [1.807, 2.05) is 13.8 Å². The second-order valence-corrected chi connectivity index (χ2v) is 4.54. The summed E-state index contributed by atoms with van der Waals surface area (Å²) in [6, 6.07) is 3.60. The zero-order chi connectivity index (χ0) is 13.0. The van der Waals surface area contributed by atoms with Crippen molar-refractivity contribution in [3.05, 3.63) is 35.4 Å². The van der Waals surface area contributed by atoms with Gasteiger partial charge in [-0.2, -0.15) is 0 Å². The molecule has 0 saturated carbocycles. The summed E-state index contributed by atoms with van der Waals surface area (Å²) in [5.41, 5.74) is 5.84. The summed E-state index contributed by atoms with van der Waals surface area (Å²) >= 11 is 0. The molecule has 2 nitrogen and oxygen atoms in total. The Bertz CT molecular complexity index is 404. The molecule has 0 heterocycles. The SMILES string of the molecule is CC(C)C(N)CC(=O)Cc1cccc(F)c1F. The second kappa shape index (κ2) is 5.87. The quantitative estimate of drug-likeness (QED) is 0.860. The van der Waals surface area contributed by atoms with Crippen molar-refractivity contribution >= 4 is 5.78 Å². The van der Waals surface area contributed by atoms with Crippen LogP contribution >= 0.6 is 0 Å². The summed E-state index contributed by atoms with van der Waals surface area (Å²) < 4.78 is 26.2. The standard InChI is InChI=1S/C13H17F2NO/c1-8(2)12(16)7-10(17)6-9-4-3-5-11(14)13(9)15/h3-5,8,12H,6-7,16H2,1-2H3. The fourth-order valence-corrected chi connectivity index (χ4v) is 1.47. The molecule has 0 aliphatic carbocycles. The maximum absolute atomic E-state index is 13.3. The smallest absolute Gasteiger partial charge is 0.162 e. The van der Waals surface area contributed by atoms with Crippen LogP contribution in [0.2, 0.25) is 0 Å². The molecule has 0 spiro atoms. The highest BCUT2D eigenvalue weighted by Crippen LogP contribution is 2.14. The van der Waals surface area contributed by atoms with Crippen LogP contribution in [-0.4, -0.2) is 11.8 Å². The molecule has 4 heteroatoms. The minimum atomic E-state index is -0.945. The van der Waals surface area contributed by atoms with Crippen LogP contribution in [0, 0.1) is 17.6 Å². The summed E-state index contributed by atoms with van der Waals surface area (Å²) in [7, 11) is 0. The topological polar surface area (TPSA) is 43.1 Å². The highest BCUT2D eigenvalue weighted by Gasteiger charge is 2.16. The van der Waals surface area contributed by atoms with E-state index in [2.05, 4.69) is 0 Å². The lowest BCUT2D eigenvalue weighted by atomic mass is 9.96. The zero-order valence-electron chi connectivity index (χ0n) is 10.0. The molecule has 0 aliphatic heterocycles. The number of carbonyl (C=O) groups excluding carboxylic acids is 1. The number of Topliss-reactive ketones (excluding diaryl/α,β-unsaturated/α-hetero) is 1. The van der Waals surface area contributed by atoms with Crippen LogP contribution in [0.15, 0.2) is 18.2 Å². The Kier molecular flexibility index (Phi) is 4.75. The van der Waals surface area contributed by atoms with Crippen LogP contribution in [0.25, 0.3) is 0 Å². The van der Waals surface area contributed by atoms with Crippen molar-refractivity contribution in [3.8, 4) is 0 Å². The third kappa shape index (κ3) is 3.89. The molecule has 94 valence electrons. The maximum atomic E-state index is 13.3. The Hall–Kier alpha value is -1.29. The van der Waals surface area contributed by atoms with Gasteiger partial charge >= 0.3 is 0 Å². The van der Waals surface area contributed by atoms with Crippen molar-refractivity contribution < 1.29 is 13.6 Å². The monoisotopic (exact) mass is 241 g/mol. The Morgan fingerprint density at radius 2 is 2.00 bits per heavy atom. The number of nitrogens with two attached hydrogens (primary N) is 1. The van der Waals surface area contributed by atoms with E-state index in [-0.39, 0.29) is 36.1 Å². The third-order valence-corrected chi connectivity index (χ3v) is 2.74. The predicted molar refractivity (Wildman–Crippen MR) is 62.5 cm³/mol. The molecule has 2 N–H and O–H groups in total. The number of carbonyl (C=O) groups is 1. The van der Waals surface area contributed by atoms with E-state index in [0.717, 1.165) is 6.07 Å². The van der Waals surface area contributed by atoms with E-state index in [0.29, 0.717) is 0 Å². The fourth-order valence-electron chi connectivity index (χ4n) is 1.47. The van der Waals surface area contributed by atoms with Gasteiger partial charge in [-0.1, -0.05) is 26.0 Å². The van der Waals surface area contributed by atoms with Gasteiger partial charge in [0.05, 0.1) is 0 Å². The van der Waals surface area contributed by atoms with Gasteiger partial charge in [0, 0.05) is 18.9 Å². The first-order chi connectivity index (χ1) is 7.91. The minimum absolute atomic E-state index is 0.0888. The molecule has 1 aromatic rings. The largest absolute Gasteiger partial charge is 0.327 e. The van der Waals surface area contributed by atoms with Crippen LogP contribution < -0.4 is 5.73 Å². The Morgan fingerprint density at radius 3 is 2.59 bits per heavy atom. The van der Waals surface area contributed by atoms with Crippen molar-refractivity contribution in [2.24, 2.45) is 11.7 Å². The average molecular weight is 241 g/mol. The molecule has 0 aromatic heterocycles. The van der Waals surface area contributed by atoms with Gasteiger partial charge in [0.1, 0.15) is 5.78 Å². The van der Waals surface area contributed by atoms with Crippen LogP contribution in [-0.2, 0) is 11.2 Å². The lowest BCUT2D eigenvalue weighted by Crippen LogP contribution is -2.29. The Morgan fingerprint density at radius 1 is 1.35 bits per heavy atom. The molecule has 1 unspecified atom stereocenters. The average Bonchev–Trinajstić information content (AvgIpc) is 2.24. The number of halogens is 2. The molecule has 0 bridgehead atoms. The van der Waals surface area contributed by atoms with Gasteiger partial charge in [-0.15, -0.1) is 0 Å². The summed E-state index contributed by atoms with van der Waals surface area (Å²) in [4.78, 5) is 11.6. The molecule has 1 rings (SSSR count). The lowest BCUT2D eigenvalue weighted by Gasteiger charge is -2.14. The van der Waals surface area contributed by atoms with Gasteiger partial charge in [-0.05, 0) is 17.5 Å². The van der Waals surface area contributed by atoms with Crippen molar-refractivity contribution in [1.82, 2.24) is 0 Å². The maximum Gasteiger partial charge on any atom is 0.162 e. The first kappa shape index (κ1) is 13.8. The highest BCUT2D eigenvalue weighted by atomic mass is 19.2. The Labute approximate surface area is 99.8 Å². The zero-order valence-corrected chi connectivity index (χ0v) is 10.0. The highest BCUT2D eigenvalue weighted by molar-refractivity contribution is 5.81. The van der Waals surface area contributed by atoms with Gasteiger partial charge in [-0.25, -0.2) is 8.78 Å². The number of rotatable bonds is 5. The van der Waals surface area contributed by atoms with Crippen molar-refractivity contribution in [2.75, 3.05) is 0 Å². The van der Waals surface area contributed by atoms with Crippen molar-refractivity contribution in [2.45, 2.75) is 32.7 Å². The molecule has 0 aliphatic rings. The van der Waals surface area contributed by atoms with E-state index in [1.54, 1.807) is 0 Å². The summed E-state index contributed by atoms with van der Waals surface area (Å²) in [5, 5.41) is 0. The first-order valence-electron chi connectivity index (χ1n) is 5.62. The number of ketones is 1. The minimum Gasteiger partial charge on any atom is -0.327 e. The van der Waals surface area contributed by atoms with Gasteiger partial charge in [0.25, 0.3) is 0 Å². The van der Waals surface area contributed by atoms with E-state index in [9.17, 15) is 13.6 Å². The normalized spacial score (nSPS) is 12.8. The predicted octanol–water partition coefficient (Wildman–Crippen LogP) is 2.45. The Balaban J connectivity index is 2.66. The molecule has 17 heavy (non-hydrogen) atoms. The van der Waals surface area contributed by atoms with Crippen LogP contribution in [0.4, 0.5) is 8.78 Å². The number of hydrogen-bond donors (Lipinski definition) is 1. The van der Waals surface area contributed by atoms with Crippen molar-refractivity contribution in [3.63, 3.8) is 0 Å². The first-order valence-corrected chi connectivity index (χ1v) is 5.62. The van der Waals surface area contributed by atoms with Gasteiger partial charge in [0.15, 0.2) is 11.6 Å². The number of hydrogen-bond acceptors (Lipinski definition) is 2. The molecule has 1 atom stereocenters. The lowest BCUT2D eigenvalue weighted by molar-refractivity contribution is -0.119. The molecule has 0 fully saturated rings. The van der Waals surface area contributed by atoms with E-state index < -0.39 is 11.6 Å². The molecule has 1 aromatic carbocycles.